The Labute approximate surface area is 101 Å². The van der Waals surface area contributed by atoms with E-state index < -0.39 is 20.7 Å². The number of nitrogens with zero attached hydrogens (tertiary/aromatic N) is 2. The zero-order chi connectivity index (χ0) is 12.7. The average molecular weight is 258 g/mol. The van der Waals surface area contributed by atoms with E-state index >= 15 is 0 Å². The van der Waals surface area contributed by atoms with E-state index in [0.29, 0.717) is 19.3 Å². The summed E-state index contributed by atoms with van der Waals surface area (Å²) in [6.07, 6.45) is 5.13. The Hall–Kier alpha value is -0.880. The fourth-order valence-corrected chi connectivity index (χ4v) is 4.30. The van der Waals surface area contributed by atoms with Crippen LogP contribution in [0, 0.1) is 0 Å². The number of rotatable bonds is 3. The fraction of sp³-hybridized carbons (Fsp3) is 0.727. The Kier molecular flexibility index (Phi) is 3.03. The molecule has 96 valence electrons. The SMILES string of the molecule is Cn1ccc(CC2(O)CCCC2S(C)(=O)=O)n1. The molecule has 1 N–H and O–H groups in total. The third-order valence-corrected chi connectivity index (χ3v) is 5.16. The van der Waals surface area contributed by atoms with Gasteiger partial charge in [0.15, 0.2) is 9.84 Å². The molecule has 1 heterocycles. The molecule has 17 heavy (non-hydrogen) atoms. The van der Waals surface area contributed by atoms with Crippen molar-refractivity contribution >= 4 is 9.84 Å². The topological polar surface area (TPSA) is 72.2 Å². The maximum absolute atomic E-state index is 11.7. The van der Waals surface area contributed by atoms with Crippen LogP contribution in [0.3, 0.4) is 0 Å². The zero-order valence-corrected chi connectivity index (χ0v) is 10.9. The van der Waals surface area contributed by atoms with E-state index in [2.05, 4.69) is 5.10 Å². The second-order valence-electron chi connectivity index (χ2n) is 4.97. The van der Waals surface area contributed by atoms with Gasteiger partial charge in [-0.1, -0.05) is 0 Å². The van der Waals surface area contributed by atoms with Crippen LogP contribution < -0.4 is 0 Å². The van der Waals surface area contributed by atoms with E-state index in [1.807, 2.05) is 6.07 Å². The molecule has 1 saturated carbocycles. The van der Waals surface area contributed by atoms with Crippen molar-refractivity contribution in [2.24, 2.45) is 7.05 Å². The molecule has 2 atom stereocenters. The standard InChI is InChI=1S/C11H18N2O3S/c1-13-7-5-9(12-13)8-11(14)6-3-4-10(11)17(2,15)16/h5,7,10,14H,3-4,6,8H2,1-2H3. The van der Waals surface area contributed by atoms with Crippen molar-refractivity contribution in [3.63, 3.8) is 0 Å². The molecule has 1 fully saturated rings. The van der Waals surface area contributed by atoms with Gasteiger partial charge in [0.25, 0.3) is 0 Å². The minimum atomic E-state index is -3.21. The van der Waals surface area contributed by atoms with Gasteiger partial charge in [-0.2, -0.15) is 5.10 Å². The smallest absolute Gasteiger partial charge is 0.153 e. The van der Waals surface area contributed by atoms with Crippen LogP contribution in [0.15, 0.2) is 12.3 Å². The predicted molar refractivity (Wildman–Crippen MR) is 64.3 cm³/mol. The zero-order valence-electron chi connectivity index (χ0n) is 10.1. The summed E-state index contributed by atoms with van der Waals surface area (Å²) in [4.78, 5) is 0. The molecule has 0 aromatic carbocycles. The monoisotopic (exact) mass is 258 g/mol. The molecule has 2 rings (SSSR count). The van der Waals surface area contributed by atoms with Crippen LogP contribution in [-0.4, -0.2) is 40.4 Å². The van der Waals surface area contributed by atoms with E-state index in [4.69, 9.17) is 0 Å². The second kappa shape index (κ2) is 4.10. The first-order valence-corrected chi connectivity index (χ1v) is 7.66. The Morgan fingerprint density at radius 1 is 1.65 bits per heavy atom. The minimum absolute atomic E-state index is 0.311. The van der Waals surface area contributed by atoms with Crippen molar-refractivity contribution in [1.82, 2.24) is 9.78 Å². The first kappa shape index (κ1) is 12.6. The first-order valence-electron chi connectivity index (χ1n) is 5.71. The number of aliphatic hydroxyl groups is 1. The normalized spacial score (nSPS) is 29.7. The van der Waals surface area contributed by atoms with Crippen LogP contribution in [0.4, 0.5) is 0 Å². The molecular weight excluding hydrogens is 240 g/mol. The number of hydrogen-bond acceptors (Lipinski definition) is 4. The minimum Gasteiger partial charge on any atom is -0.388 e. The van der Waals surface area contributed by atoms with Gasteiger partial charge >= 0.3 is 0 Å². The van der Waals surface area contributed by atoms with E-state index in [9.17, 15) is 13.5 Å². The Morgan fingerprint density at radius 3 is 2.88 bits per heavy atom. The molecule has 2 unspecified atom stereocenters. The van der Waals surface area contributed by atoms with E-state index in [0.717, 1.165) is 12.1 Å². The van der Waals surface area contributed by atoms with Crippen molar-refractivity contribution in [2.45, 2.75) is 36.5 Å². The van der Waals surface area contributed by atoms with E-state index in [1.54, 1.807) is 17.9 Å². The molecule has 0 radical (unpaired) electrons. The van der Waals surface area contributed by atoms with E-state index in [-0.39, 0.29) is 0 Å². The summed E-state index contributed by atoms with van der Waals surface area (Å²) in [7, 11) is -1.41. The molecular formula is C11H18N2O3S. The number of aromatic nitrogens is 2. The van der Waals surface area contributed by atoms with Crippen LogP contribution in [0.2, 0.25) is 0 Å². The van der Waals surface area contributed by atoms with Gasteiger partial charge in [-0.15, -0.1) is 0 Å². The number of sulfone groups is 1. The van der Waals surface area contributed by atoms with Gasteiger partial charge < -0.3 is 5.11 Å². The Bertz CT molecular complexity index is 509. The third kappa shape index (κ3) is 2.52. The fourth-order valence-electron chi connectivity index (χ4n) is 2.71. The van der Waals surface area contributed by atoms with Crippen LogP contribution in [-0.2, 0) is 23.3 Å². The van der Waals surface area contributed by atoms with Crippen LogP contribution in [0.25, 0.3) is 0 Å². The lowest BCUT2D eigenvalue weighted by atomic mass is 9.96. The van der Waals surface area contributed by atoms with Crippen molar-refractivity contribution < 1.29 is 13.5 Å². The number of hydrogen-bond donors (Lipinski definition) is 1. The molecule has 0 spiro atoms. The Balaban J connectivity index is 2.23. The molecule has 0 bridgehead atoms. The predicted octanol–water partition coefficient (Wildman–Crippen LogP) is 0.291. The molecule has 1 aromatic rings. The van der Waals surface area contributed by atoms with Crippen molar-refractivity contribution in [3.05, 3.63) is 18.0 Å². The molecule has 0 amide bonds. The maximum atomic E-state index is 11.7. The van der Waals surface area contributed by atoms with Gasteiger partial charge in [0, 0.05) is 25.9 Å². The van der Waals surface area contributed by atoms with Crippen LogP contribution in [0.1, 0.15) is 25.0 Å². The second-order valence-corrected chi connectivity index (χ2v) is 7.20. The third-order valence-electron chi connectivity index (χ3n) is 3.45. The summed E-state index contributed by atoms with van der Waals surface area (Å²) in [6.45, 7) is 0. The molecule has 1 aliphatic carbocycles. The maximum Gasteiger partial charge on any atom is 0.153 e. The summed E-state index contributed by atoms with van der Waals surface area (Å²) < 4.78 is 25.0. The summed E-state index contributed by atoms with van der Waals surface area (Å²) >= 11 is 0. The highest BCUT2D eigenvalue weighted by molar-refractivity contribution is 7.91. The first-order chi connectivity index (χ1) is 7.81. The van der Waals surface area contributed by atoms with Gasteiger partial charge in [-0.05, 0) is 25.3 Å². The molecule has 6 heteroatoms. The average Bonchev–Trinajstić information content (AvgIpc) is 2.72. The van der Waals surface area contributed by atoms with Gasteiger partial charge in [-0.3, -0.25) is 4.68 Å². The van der Waals surface area contributed by atoms with Crippen molar-refractivity contribution in [1.29, 1.82) is 0 Å². The lowest BCUT2D eigenvalue weighted by molar-refractivity contribution is 0.0502. The summed E-state index contributed by atoms with van der Waals surface area (Å²) in [6, 6.07) is 1.82. The molecule has 5 nitrogen and oxygen atoms in total. The largest absolute Gasteiger partial charge is 0.388 e. The van der Waals surface area contributed by atoms with Crippen LogP contribution >= 0.6 is 0 Å². The van der Waals surface area contributed by atoms with Gasteiger partial charge in [-0.25, -0.2) is 8.42 Å². The van der Waals surface area contributed by atoms with Crippen molar-refractivity contribution in [2.75, 3.05) is 6.26 Å². The molecule has 1 aromatic heterocycles. The van der Waals surface area contributed by atoms with Crippen molar-refractivity contribution in [3.8, 4) is 0 Å². The lowest BCUT2D eigenvalue weighted by Gasteiger charge is -2.28. The Morgan fingerprint density at radius 2 is 2.35 bits per heavy atom. The highest BCUT2D eigenvalue weighted by Crippen LogP contribution is 2.36. The summed E-state index contributed by atoms with van der Waals surface area (Å²) in [5.41, 5.74) is -0.410. The van der Waals surface area contributed by atoms with Gasteiger partial charge in [0.05, 0.1) is 16.5 Å². The molecule has 0 saturated heterocycles. The highest BCUT2D eigenvalue weighted by atomic mass is 32.2. The summed E-state index contributed by atoms with van der Waals surface area (Å²) in [5, 5.41) is 14.1. The van der Waals surface area contributed by atoms with E-state index in [1.165, 1.54) is 6.26 Å². The molecule has 0 aliphatic heterocycles. The lowest BCUT2D eigenvalue weighted by Crippen LogP contribution is -2.44. The number of aryl methyl sites for hydroxylation is 1. The molecule has 1 aliphatic rings. The van der Waals surface area contributed by atoms with Gasteiger partial charge in [0.1, 0.15) is 0 Å². The van der Waals surface area contributed by atoms with Gasteiger partial charge in [0.2, 0.25) is 0 Å². The highest BCUT2D eigenvalue weighted by Gasteiger charge is 2.47. The summed E-state index contributed by atoms with van der Waals surface area (Å²) in [5.74, 6) is 0. The van der Waals surface area contributed by atoms with Crippen LogP contribution in [0.5, 0.6) is 0 Å². The quantitative estimate of drug-likeness (QED) is 0.846.